The third-order valence-corrected chi connectivity index (χ3v) is 6.61. The molecule has 0 saturated carbocycles. The van der Waals surface area contributed by atoms with Crippen LogP contribution in [0.5, 0.6) is 0 Å². The Balaban J connectivity index is 1.48. The Hall–Kier alpha value is -2.18. The van der Waals surface area contributed by atoms with Crippen LogP contribution in [-0.4, -0.2) is 27.3 Å². The van der Waals surface area contributed by atoms with E-state index in [0.29, 0.717) is 18.7 Å². The quantitative estimate of drug-likeness (QED) is 0.553. The summed E-state index contributed by atoms with van der Waals surface area (Å²) in [7, 11) is 0. The maximum Gasteiger partial charge on any atom is 0.228 e. The monoisotopic (exact) mass is 429 g/mol. The summed E-state index contributed by atoms with van der Waals surface area (Å²) in [5.74, 6) is 1.56. The first-order valence-corrected chi connectivity index (χ1v) is 11.1. The molecule has 3 aromatic rings. The number of oxazole rings is 1. The maximum absolute atomic E-state index is 13.1. The molecule has 2 aromatic heterocycles. The zero-order valence-electron chi connectivity index (χ0n) is 16.7. The van der Waals surface area contributed by atoms with Crippen molar-refractivity contribution in [3.63, 3.8) is 0 Å². The van der Waals surface area contributed by atoms with E-state index in [1.165, 1.54) is 0 Å². The van der Waals surface area contributed by atoms with E-state index in [1.807, 2.05) is 43.0 Å². The predicted octanol–water partition coefficient (Wildman–Crippen LogP) is 5.29. The molecular formula is C22H24ClN3O2S. The number of piperidine rings is 1. The summed E-state index contributed by atoms with van der Waals surface area (Å²) >= 11 is 7.56. The van der Waals surface area contributed by atoms with Crippen molar-refractivity contribution in [1.29, 1.82) is 0 Å². The molecule has 0 bridgehead atoms. The first kappa shape index (κ1) is 20.1. The van der Waals surface area contributed by atoms with Crippen molar-refractivity contribution in [3.8, 4) is 0 Å². The summed E-state index contributed by atoms with van der Waals surface area (Å²) in [5.41, 5.74) is 2.07. The number of amides is 1. The Bertz CT molecular complexity index is 996. The van der Waals surface area contributed by atoms with Gasteiger partial charge in [0, 0.05) is 22.9 Å². The zero-order valence-corrected chi connectivity index (χ0v) is 18.2. The van der Waals surface area contributed by atoms with E-state index >= 15 is 0 Å². The minimum absolute atomic E-state index is 0.0930. The van der Waals surface area contributed by atoms with Gasteiger partial charge in [0.15, 0.2) is 0 Å². The molecule has 5 nitrogen and oxygen atoms in total. The molecule has 1 amide bonds. The van der Waals surface area contributed by atoms with Crippen LogP contribution in [0.15, 0.2) is 34.9 Å². The van der Waals surface area contributed by atoms with Crippen LogP contribution >= 0.6 is 22.9 Å². The number of hydrogen-bond donors (Lipinski definition) is 0. The number of benzene rings is 1. The molecule has 7 heteroatoms. The predicted molar refractivity (Wildman–Crippen MR) is 114 cm³/mol. The van der Waals surface area contributed by atoms with Gasteiger partial charge in [0.05, 0.1) is 23.3 Å². The van der Waals surface area contributed by atoms with Gasteiger partial charge in [-0.15, -0.1) is 11.3 Å². The molecule has 0 unspecified atom stereocenters. The number of carbonyl (C=O) groups is 1. The smallest absolute Gasteiger partial charge is 0.228 e. The molecule has 1 aliphatic heterocycles. The summed E-state index contributed by atoms with van der Waals surface area (Å²) in [6, 6.07) is 7.63. The summed E-state index contributed by atoms with van der Waals surface area (Å²) in [4.78, 5) is 25.0. The number of carbonyl (C=O) groups excluding carboxylic acids is 1. The van der Waals surface area contributed by atoms with Crippen LogP contribution in [0.2, 0.25) is 5.02 Å². The highest BCUT2D eigenvalue weighted by Gasteiger charge is 2.31. The van der Waals surface area contributed by atoms with Gasteiger partial charge in [-0.2, -0.15) is 0 Å². The van der Waals surface area contributed by atoms with E-state index in [9.17, 15) is 4.79 Å². The van der Waals surface area contributed by atoms with Crippen molar-refractivity contribution in [2.45, 2.75) is 52.0 Å². The summed E-state index contributed by atoms with van der Waals surface area (Å²) in [5, 5.41) is 1.72. The van der Waals surface area contributed by atoms with Gasteiger partial charge in [-0.25, -0.2) is 9.97 Å². The zero-order chi connectivity index (χ0) is 20.4. The van der Waals surface area contributed by atoms with E-state index < -0.39 is 0 Å². The number of nitrogens with zero attached hydrogens (tertiary/aromatic N) is 3. The van der Waals surface area contributed by atoms with Crippen LogP contribution < -0.4 is 0 Å². The molecule has 29 heavy (non-hydrogen) atoms. The van der Waals surface area contributed by atoms with Crippen LogP contribution in [0.3, 0.4) is 0 Å². The van der Waals surface area contributed by atoms with Crippen molar-refractivity contribution in [1.82, 2.24) is 14.9 Å². The Labute approximate surface area is 179 Å². The second-order valence-corrected chi connectivity index (χ2v) is 9.21. The lowest BCUT2D eigenvalue weighted by atomic mass is 10.0. The number of likely N-dealkylation sites (tertiary alicyclic amines) is 1. The molecule has 152 valence electrons. The van der Waals surface area contributed by atoms with Crippen LogP contribution in [-0.2, 0) is 17.6 Å². The molecule has 3 heterocycles. The summed E-state index contributed by atoms with van der Waals surface area (Å²) in [6.07, 6.45) is 5.80. The SMILES string of the molecule is Cc1nc(C)c(CC(=O)N2CCCC[C@H]2c2ncc(Cc3ccc(Cl)cc3)o2)s1. The lowest BCUT2D eigenvalue weighted by molar-refractivity contribution is -0.134. The average molecular weight is 430 g/mol. The van der Waals surface area contributed by atoms with E-state index in [-0.39, 0.29) is 11.9 Å². The van der Waals surface area contributed by atoms with Crippen LogP contribution in [0.4, 0.5) is 0 Å². The van der Waals surface area contributed by atoms with Crippen LogP contribution in [0.25, 0.3) is 0 Å². The minimum Gasteiger partial charge on any atom is -0.443 e. The third kappa shape index (κ3) is 4.70. The molecule has 0 radical (unpaired) electrons. The number of thiazole rings is 1. The molecule has 0 aliphatic carbocycles. The van der Waals surface area contributed by atoms with E-state index in [2.05, 4.69) is 9.97 Å². The Kier molecular flexibility index (Phi) is 6.01. The second kappa shape index (κ2) is 8.67. The van der Waals surface area contributed by atoms with Crippen molar-refractivity contribution in [2.75, 3.05) is 6.54 Å². The Morgan fingerprint density at radius 1 is 1.28 bits per heavy atom. The summed E-state index contributed by atoms with van der Waals surface area (Å²) in [6.45, 7) is 4.69. The summed E-state index contributed by atoms with van der Waals surface area (Å²) < 4.78 is 6.07. The van der Waals surface area contributed by atoms with E-state index in [1.54, 1.807) is 17.5 Å². The molecule has 1 atom stereocenters. The first-order valence-electron chi connectivity index (χ1n) is 9.91. The second-order valence-electron chi connectivity index (χ2n) is 7.49. The number of rotatable bonds is 5. The van der Waals surface area contributed by atoms with E-state index in [4.69, 9.17) is 16.0 Å². The number of halogens is 1. The normalized spacial score (nSPS) is 16.9. The molecule has 0 spiro atoms. The average Bonchev–Trinajstić information content (AvgIpc) is 3.29. The van der Waals surface area contributed by atoms with Gasteiger partial charge >= 0.3 is 0 Å². The number of hydrogen-bond acceptors (Lipinski definition) is 5. The van der Waals surface area contributed by atoms with Crippen LogP contribution in [0, 0.1) is 13.8 Å². The van der Waals surface area contributed by atoms with Gasteiger partial charge in [0.2, 0.25) is 11.8 Å². The first-order chi connectivity index (χ1) is 14.0. The fourth-order valence-corrected chi connectivity index (χ4v) is 4.88. The fraction of sp³-hybridized carbons (Fsp3) is 0.409. The molecule has 1 saturated heterocycles. The Morgan fingerprint density at radius 2 is 2.07 bits per heavy atom. The van der Waals surface area contributed by atoms with Gasteiger partial charge in [-0.1, -0.05) is 23.7 Å². The van der Waals surface area contributed by atoms with Crippen molar-refractivity contribution in [2.24, 2.45) is 0 Å². The molecule has 1 aromatic carbocycles. The lowest BCUT2D eigenvalue weighted by Gasteiger charge is -2.33. The van der Waals surface area contributed by atoms with Gasteiger partial charge < -0.3 is 9.32 Å². The minimum atomic E-state index is -0.0930. The van der Waals surface area contributed by atoms with E-state index in [0.717, 1.165) is 57.7 Å². The molecule has 1 fully saturated rings. The molecular weight excluding hydrogens is 406 g/mol. The molecule has 4 rings (SSSR count). The maximum atomic E-state index is 13.1. The van der Waals surface area contributed by atoms with Crippen molar-refractivity contribution in [3.05, 3.63) is 68.3 Å². The fourth-order valence-electron chi connectivity index (χ4n) is 3.83. The van der Waals surface area contributed by atoms with Gasteiger partial charge in [-0.3, -0.25) is 4.79 Å². The van der Waals surface area contributed by atoms with Gasteiger partial charge in [-0.05, 0) is 50.8 Å². The van der Waals surface area contributed by atoms with Gasteiger partial charge in [0.25, 0.3) is 0 Å². The highest BCUT2D eigenvalue weighted by Crippen LogP contribution is 2.32. The Morgan fingerprint density at radius 3 is 2.79 bits per heavy atom. The lowest BCUT2D eigenvalue weighted by Crippen LogP contribution is -2.39. The standard InChI is InChI=1S/C22H24ClN3O2S/c1-14-20(29-15(2)25-14)12-21(27)26-10-4-3-5-19(26)22-24-13-18(28-22)11-16-6-8-17(23)9-7-16/h6-9,13,19H,3-5,10-12H2,1-2H3/t19-/m0/s1. The largest absolute Gasteiger partial charge is 0.443 e. The highest BCUT2D eigenvalue weighted by atomic mass is 35.5. The van der Waals surface area contributed by atoms with Crippen molar-refractivity contribution < 1.29 is 9.21 Å². The molecule has 1 aliphatic rings. The molecule has 0 N–H and O–H groups in total. The number of aromatic nitrogens is 2. The highest BCUT2D eigenvalue weighted by molar-refractivity contribution is 7.11. The van der Waals surface area contributed by atoms with Crippen LogP contribution in [0.1, 0.15) is 58.1 Å². The third-order valence-electron chi connectivity index (χ3n) is 5.28. The topological polar surface area (TPSA) is 59.2 Å². The van der Waals surface area contributed by atoms with Crippen molar-refractivity contribution >= 4 is 28.8 Å². The van der Waals surface area contributed by atoms with Gasteiger partial charge in [0.1, 0.15) is 11.8 Å². The number of aryl methyl sites for hydroxylation is 2.